The number of benzene rings is 1. The summed E-state index contributed by atoms with van der Waals surface area (Å²) in [5.74, 6) is -0.392. The zero-order chi connectivity index (χ0) is 14.0. The highest BCUT2D eigenvalue weighted by atomic mass is 19.3. The largest absolute Gasteiger partial charge is 0.586 e. The van der Waals surface area contributed by atoms with Gasteiger partial charge in [0.15, 0.2) is 11.5 Å². The summed E-state index contributed by atoms with van der Waals surface area (Å²) in [6, 6.07) is 4.01. The third kappa shape index (κ3) is 3.54. The number of anilines is 1. The van der Waals surface area contributed by atoms with Crippen molar-refractivity contribution in [2.45, 2.75) is 32.1 Å². The Morgan fingerprint density at radius 3 is 2.79 bits per heavy atom. The lowest BCUT2D eigenvalue weighted by Crippen LogP contribution is -2.25. The maximum absolute atomic E-state index is 12.8. The van der Waals surface area contributed by atoms with E-state index in [1.807, 2.05) is 0 Å². The quantitative estimate of drug-likeness (QED) is 0.880. The number of carbonyl (C=O) groups is 1. The first-order valence-electron chi connectivity index (χ1n) is 5.81. The van der Waals surface area contributed by atoms with Gasteiger partial charge in [0.25, 0.3) is 0 Å². The number of nitrogens with one attached hydrogen (secondary N) is 1. The third-order valence-corrected chi connectivity index (χ3v) is 2.51. The average Bonchev–Trinajstić information content (AvgIpc) is 2.59. The van der Waals surface area contributed by atoms with Gasteiger partial charge in [-0.1, -0.05) is 0 Å². The summed E-state index contributed by atoms with van der Waals surface area (Å²) in [7, 11) is 0. The number of ether oxygens (including phenoxy) is 2. The summed E-state index contributed by atoms with van der Waals surface area (Å²) in [6.07, 6.45) is -2.84. The summed E-state index contributed by atoms with van der Waals surface area (Å²) in [5.41, 5.74) is 5.91. The fraction of sp³-hybridized carbons (Fsp3) is 0.417. The molecular formula is C12H14F2N2O3. The molecule has 0 bridgehead atoms. The van der Waals surface area contributed by atoms with Crippen molar-refractivity contribution < 1.29 is 23.0 Å². The molecule has 5 nitrogen and oxygen atoms in total. The standard InChI is InChI=1S/C12H14F2N2O3/c1-7(15)2-5-11(17)16-8-3-4-9-10(6-8)19-12(13,14)18-9/h3-4,6-7H,2,5,15H2,1H3,(H,16,17). The minimum absolute atomic E-state index is 0.0569. The lowest BCUT2D eigenvalue weighted by atomic mass is 10.2. The van der Waals surface area contributed by atoms with E-state index in [2.05, 4.69) is 14.8 Å². The molecule has 0 aliphatic carbocycles. The Labute approximate surface area is 108 Å². The van der Waals surface area contributed by atoms with Crippen LogP contribution in [-0.2, 0) is 4.79 Å². The van der Waals surface area contributed by atoms with Gasteiger partial charge in [0.1, 0.15) is 0 Å². The molecule has 1 heterocycles. The van der Waals surface area contributed by atoms with Gasteiger partial charge in [-0.3, -0.25) is 4.79 Å². The van der Waals surface area contributed by atoms with Gasteiger partial charge >= 0.3 is 6.29 Å². The van der Waals surface area contributed by atoms with Gasteiger partial charge in [0, 0.05) is 24.2 Å². The first kappa shape index (κ1) is 13.5. The third-order valence-electron chi connectivity index (χ3n) is 2.51. The highest BCUT2D eigenvalue weighted by Crippen LogP contribution is 2.42. The second kappa shape index (κ2) is 5.00. The molecule has 104 valence electrons. The van der Waals surface area contributed by atoms with E-state index >= 15 is 0 Å². The molecule has 1 unspecified atom stereocenters. The maximum Gasteiger partial charge on any atom is 0.586 e. The topological polar surface area (TPSA) is 73.6 Å². The van der Waals surface area contributed by atoms with Crippen molar-refractivity contribution in [1.29, 1.82) is 0 Å². The Balaban J connectivity index is 1.98. The Bertz CT molecular complexity index is 492. The van der Waals surface area contributed by atoms with Gasteiger partial charge in [0.2, 0.25) is 5.91 Å². The molecule has 0 spiro atoms. The van der Waals surface area contributed by atoms with Crippen molar-refractivity contribution >= 4 is 11.6 Å². The number of carbonyl (C=O) groups excluding carboxylic acids is 1. The first-order chi connectivity index (χ1) is 8.85. The van der Waals surface area contributed by atoms with Crippen LogP contribution in [-0.4, -0.2) is 18.2 Å². The number of alkyl halides is 2. The normalized spacial score (nSPS) is 17.1. The minimum atomic E-state index is -3.65. The van der Waals surface area contributed by atoms with Crippen molar-refractivity contribution in [3.05, 3.63) is 18.2 Å². The highest BCUT2D eigenvalue weighted by molar-refractivity contribution is 5.91. The molecule has 0 fully saturated rings. The smallest absolute Gasteiger partial charge is 0.395 e. The molecule has 0 radical (unpaired) electrons. The van der Waals surface area contributed by atoms with E-state index in [1.54, 1.807) is 6.92 Å². The van der Waals surface area contributed by atoms with Gasteiger partial charge in [-0.15, -0.1) is 8.78 Å². The van der Waals surface area contributed by atoms with Crippen molar-refractivity contribution in [2.75, 3.05) is 5.32 Å². The first-order valence-corrected chi connectivity index (χ1v) is 5.81. The van der Waals surface area contributed by atoms with Gasteiger partial charge in [-0.2, -0.15) is 0 Å². The zero-order valence-corrected chi connectivity index (χ0v) is 10.3. The monoisotopic (exact) mass is 272 g/mol. The van der Waals surface area contributed by atoms with Crippen LogP contribution in [0.15, 0.2) is 18.2 Å². The van der Waals surface area contributed by atoms with Crippen LogP contribution in [0.3, 0.4) is 0 Å². The number of hydrogen-bond donors (Lipinski definition) is 2. The lowest BCUT2D eigenvalue weighted by molar-refractivity contribution is -0.286. The fourth-order valence-electron chi connectivity index (χ4n) is 1.61. The van der Waals surface area contributed by atoms with Crippen LogP contribution in [0.2, 0.25) is 0 Å². The molecule has 1 atom stereocenters. The molecule has 0 saturated heterocycles. The van der Waals surface area contributed by atoms with Crippen LogP contribution in [0.4, 0.5) is 14.5 Å². The van der Waals surface area contributed by atoms with Gasteiger partial charge in [-0.25, -0.2) is 0 Å². The summed E-state index contributed by atoms with van der Waals surface area (Å²) >= 11 is 0. The molecular weight excluding hydrogens is 258 g/mol. The molecule has 0 aromatic heterocycles. The fourth-order valence-corrected chi connectivity index (χ4v) is 1.61. The number of hydrogen-bond acceptors (Lipinski definition) is 4. The second-order valence-corrected chi connectivity index (χ2v) is 4.39. The summed E-state index contributed by atoms with van der Waals surface area (Å²) in [4.78, 5) is 11.6. The van der Waals surface area contributed by atoms with E-state index in [-0.39, 0.29) is 29.9 Å². The number of amides is 1. The van der Waals surface area contributed by atoms with E-state index in [1.165, 1.54) is 18.2 Å². The number of halogens is 2. The van der Waals surface area contributed by atoms with Crippen LogP contribution in [0.25, 0.3) is 0 Å². The molecule has 1 aliphatic heterocycles. The van der Waals surface area contributed by atoms with E-state index in [0.29, 0.717) is 12.1 Å². The Hall–Kier alpha value is -1.89. The number of nitrogens with two attached hydrogens (primary N) is 1. The van der Waals surface area contributed by atoms with E-state index in [4.69, 9.17) is 5.73 Å². The van der Waals surface area contributed by atoms with E-state index < -0.39 is 6.29 Å². The lowest BCUT2D eigenvalue weighted by Gasteiger charge is -2.07. The average molecular weight is 272 g/mol. The molecule has 1 aliphatic rings. The minimum Gasteiger partial charge on any atom is -0.395 e. The highest BCUT2D eigenvalue weighted by Gasteiger charge is 2.43. The molecule has 7 heteroatoms. The predicted octanol–water partition coefficient (Wildman–Crippen LogP) is 2.07. The molecule has 19 heavy (non-hydrogen) atoms. The maximum atomic E-state index is 12.8. The van der Waals surface area contributed by atoms with Gasteiger partial charge in [-0.05, 0) is 25.5 Å². The second-order valence-electron chi connectivity index (χ2n) is 4.39. The van der Waals surface area contributed by atoms with E-state index in [0.717, 1.165) is 0 Å². The van der Waals surface area contributed by atoms with Crippen molar-refractivity contribution in [3.8, 4) is 11.5 Å². The Kier molecular flexibility index (Phi) is 3.57. The van der Waals surface area contributed by atoms with Crippen molar-refractivity contribution in [1.82, 2.24) is 0 Å². The molecule has 1 aromatic carbocycles. The molecule has 1 amide bonds. The van der Waals surface area contributed by atoms with Crippen LogP contribution in [0.5, 0.6) is 11.5 Å². The van der Waals surface area contributed by atoms with Gasteiger partial charge < -0.3 is 20.5 Å². The van der Waals surface area contributed by atoms with Crippen LogP contribution < -0.4 is 20.5 Å². The Morgan fingerprint density at radius 1 is 1.42 bits per heavy atom. The summed E-state index contributed by atoms with van der Waals surface area (Å²) in [5, 5.41) is 2.58. The Morgan fingerprint density at radius 2 is 2.11 bits per heavy atom. The van der Waals surface area contributed by atoms with Crippen LogP contribution >= 0.6 is 0 Å². The van der Waals surface area contributed by atoms with Gasteiger partial charge in [0.05, 0.1) is 0 Å². The number of rotatable bonds is 4. The van der Waals surface area contributed by atoms with Crippen molar-refractivity contribution in [3.63, 3.8) is 0 Å². The number of fused-ring (bicyclic) bond motifs is 1. The molecule has 0 saturated carbocycles. The predicted molar refractivity (Wildman–Crippen MR) is 64.2 cm³/mol. The van der Waals surface area contributed by atoms with Crippen LogP contribution in [0, 0.1) is 0 Å². The van der Waals surface area contributed by atoms with E-state index in [9.17, 15) is 13.6 Å². The zero-order valence-electron chi connectivity index (χ0n) is 10.3. The summed E-state index contributed by atoms with van der Waals surface area (Å²) in [6.45, 7) is 1.80. The van der Waals surface area contributed by atoms with Crippen molar-refractivity contribution in [2.24, 2.45) is 5.73 Å². The molecule has 2 rings (SSSR count). The summed E-state index contributed by atoms with van der Waals surface area (Å²) < 4.78 is 34.1. The molecule has 1 aromatic rings. The van der Waals surface area contributed by atoms with Crippen LogP contribution in [0.1, 0.15) is 19.8 Å². The SMILES string of the molecule is CC(N)CCC(=O)Nc1ccc2c(c1)OC(F)(F)O2. The molecule has 3 N–H and O–H groups in total.